The molecule has 286 valence electrons. The lowest BCUT2D eigenvalue weighted by Crippen LogP contribution is -2.30. The van der Waals surface area contributed by atoms with Crippen molar-refractivity contribution >= 4 is 23.5 Å². The number of hydrogen-bond donors (Lipinski definition) is 0. The molecule has 2 aromatic heterocycles. The number of esters is 1. The van der Waals surface area contributed by atoms with Crippen LogP contribution < -0.4 is 20.0 Å². The third-order valence-electron chi connectivity index (χ3n) is 8.01. The van der Waals surface area contributed by atoms with Crippen LogP contribution in [0.3, 0.4) is 0 Å². The Labute approximate surface area is 313 Å². The van der Waals surface area contributed by atoms with Gasteiger partial charge in [-0.05, 0) is 84.4 Å². The van der Waals surface area contributed by atoms with Gasteiger partial charge in [-0.25, -0.2) is 32.8 Å². The number of benzene rings is 3. The predicted octanol–water partition coefficient (Wildman–Crippen LogP) is 6.47. The van der Waals surface area contributed by atoms with E-state index in [0.29, 0.717) is 46.3 Å². The Kier molecular flexibility index (Phi) is 12.7. The van der Waals surface area contributed by atoms with E-state index in [-0.39, 0.29) is 36.4 Å². The number of methoxy groups -OCH3 is 2. The molecule has 0 aliphatic carbocycles. The van der Waals surface area contributed by atoms with Crippen molar-refractivity contribution < 1.29 is 36.9 Å². The molecule has 1 atom stereocenters. The summed E-state index contributed by atoms with van der Waals surface area (Å²) in [6, 6.07) is 16.8. The predicted molar refractivity (Wildman–Crippen MR) is 196 cm³/mol. The normalized spacial score (nSPS) is 12.9. The van der Waals surface area contributed by atoms with Crippen molar-refractivity contribution in [3.8, 4) is 34.3 Å². The lowest BCUT2D eigenvalue weighted by molar-refractivity contribution is -0.274. The fraction of sp³-hybridized carbons (Fsp3) is 0.351. The zero-order chi connectivity index (χ0) is 39.0. The van der Waals surface area contributed by atoms with Gasteiger partial charge in [0, 0.05) is 18.5 Å². The lowest BCUT2D eigenvalue weighted by atomic mass is 10.0. The average molecular weight is 768 g/mol. The second-order valence-corrected chi connectivity index (χ2v) is 13.1. The van der Waals surface area contributed by atoms with Gasteiger partial charge in [-0.3, -0.25) is 0 Å². The summed E-state index contributed by atoms with van der Waals surface area (Å²) in [5, 5.41) is 4.45. The van der Waals surface area contributed by atoms with Gasteiger partial charge in [0.05, 0.1) is 32.2 Å². The van der Waals surface area contributed by atoms with Crippen LogP contribution in [0.2, 0.25) is 0 Å². The Morgan fingerprint density at radius 3 is 2.30 bits per heavy atom. The number of hydrogen-bond acceptors (Lipinski definition) is 10. The number of aromatic nitrogens is 5. The first-order valence-electron chi connectivity index (χ1n) is 17.1. The van der Waals surface area contributed by atoms with Gasteiger partial charge in [-0.15, -0.1) is 18.3 Å². The monoisotopic (exact) mass is 767 g/mol. The van der Waals surface area contributed by atoms with Crippen LogP contribution in [0.25, 0.3) is 22.8 Å². The molecule has 0 saturated carbocycles. The molecule has 0 spiro atoms. The molecule has 0 aliphatic heterocycles. The van der Waals surface area contributed by atoms with Crippen LogP contribution >= 0.6 is 11.5 Å². The van der Waals surface area contributed by atoms with Gasteiger partial charge >= 0.3 is 24.0 Å². The van der Waals surface area contributed by atoms with Crippen LogP contribution in [0.5, 0.6) is 11.5 Å². The number of aliphatic imine (C=N–C) groups is 1. The van der Waals surface area contributed by atoms with E-state index in [2.05, 4.69) is 19.8 Å². The molecular weight excluding hydrogens is 728 g/mol. The minimum atomic E-state index is -4.79. The third kappa shape index (κ3) is 9.63. The van der Waals surface area contributed by atoms with Crippen molar-refractivity contribution in [2.24, 2.45) is 9.98 Å². The van der Waals surface area contributed by atoms with Crippen LogP contribution in [0.15, 0.2) is 87.8 Å². The number of ether oxygens (including phenoxy) is 4. The van der Waals surface area contributed by atoms with E-state index in [0.717, 1.165) is 22.7 Å². The zero-order valence-electron chi connectivity index (χ0n) is 30.5. The molecular formula is C37H40F3N7O6S. The summed E-state index contributed by atoms with van der Waals surface area (Å²) in [6.45, 7) is 8.52. The van der Waals surface area contributed by atoms with E-state index >= 15 is 0 Å². The first-order chi connectivity index (χ1) is 25.8. The summed E-state index contributed by atoms with van der Waals surface area (Å²) in [4.78, 5) is 40.7. The van der Waals surface area contributed by atoms with E-state index in [1.54, 1.807) is 41.4 Å². The highest BCUT2D eigenvalue weighted by Crippen LogP contribution is 2.27. The number of rotatable bonds is 13. The van der Waals surface area contributed by atoms with Crippen LogP contribution in [-0.4, -0.2) is 68.5 Å². The summed E-state index contributed by atoms with van der Waals surface area (Å²) in [6.07, 6.45) is -2.57. The number of aryl methyl sites for hydroxylation is 1. The van der Waals surface area contributed by atoms with Crippen molar-refractivity contribution in [3.05, 3.63) is 99.5 Å². The number of halogens is 3. The van der Waals surface area contributed by atoms with E-state index in [1.165, 1.54) is 47.0 Å². The summed E-state index contributed by atoms with van der Waals surface area (Å²) >= 11 is 1.15. The van der Waals surface area contributed by atoms with E-state index in [9.17, 15) is 22.8 Å². The Morgan fingerprint density at radius 1 is 0.981 bits per heavy atom. The van der Waals surface area contributed by atoms with Crippen molar-refractivity contribution in [2.75, 3.05) is 20.8 Å². The van der Waals surface area contributed by atoms with Gasteiger partial charge in [-0.1, -0.05) is 45.0 Å². The third-order valence-corrected chi connectivity index (χ3v) is 9.08. The van der Waals surface area contributed by atoms with Gasteiger partial charge in [0.15, 0.2) is 11.9 Å². The molecule has 0 aliphatic rings. The molecule has 0 saturated heterocycles. The van der Waals surface area contributed by atoms with Gasteiger partial charge in [0.1, 0.15) is 17.8 Å². The highest BCUT2D eigenvalue weighted by molar-refractivity contribution is 7.03. The molecule has 17 heteroatoms. The topological polar surface area (TPSA) is 136 Å². The Bertz CT molecular complexity index is 2200. The number of nitrogens with zero attached hydrogens (tertiary/aromatic N) is 7. The number of amidine groups is 1. The Hall–Kier alpha value is -5.71. The maximum Gasteiger partial charge on any atom is 0.573 e. The van der Waals surface area contributed by atoms with E-state index in [1.807, 2.05) is 39.8 Å². The molecule has 2 heterocycles. The van der Waals surface area contributed by atoms with Crippen molar-refractivity contribution in [2.45, 2.75) is 65.4 Å². The largest absolute Gasteiger partial charge is 0.573 e. The fourth-order valence-electron chi connectivity index (χ4n) is 5.33. The number of carbonyl (C=O) groups is 1. The minimum absolute atomic E-state index is 0.0541. The maximum absolute atomic E-state index is 13.7. The fourth-order valence-corrected chi connectivity index (χ4v) is 6.19. The highest BCUT2D eigenvalue weighted by Gasteiger charge is 2.31. The first kappa shape index (κ1) is 39.5. The first-order valence-corrected chi connectivity index (χ1v) is 17.8. The summed E-state index contributed by atoms with van der Waals surface area (Å²) < 4.78 is 62.6. The smallest absolute Gasteiger partial charge is 0.497 e. The van der Waals surface area contributed by atoms with Gasteiger partial charge in [-0.2, -0.15) is 4.99 Å². The Balaban J connectivity index is 1.45. The van der Waals surface area contributed by atoms with Crippen LogP contribution in [0, 0.1) is 0 Å². The van der Waals surface area contributed by atoms with E-state index in [4.69, 9.17) is 19.2 Å². The summed E-state index contributed by atoms with van der Waals surface area (Å²) in [5.74, 6) is 0.132. The van der Waals surface area contributed by atoms with Gasteiger partial charge in [0.2, 0.25) is 4.80 Å². The van der Waals surface area contributed by atoms with Crippen LogP contribution in [0.1, 0.15) is 51.2 Å². The van der Waals surface area contributed by atoms with E-state index < -0.39 is 18.4 Å². The average Bonchev–Trinajstić information content (AvgIpc) is 3.77. The van der Waals surface area contributed by atoms with Crippen molar-refractivity contribution in [3.63, 3.8) is 0 Å². The number of carbonyl (C=O) groups excluding carboxylic acids is 1. The zero-order valence-corrected chi connectivity index (χ0v) is 31.3. The molecule has 13 nitrogen and oxygen atoms in total. The second-order valence-electron chi connectivity index (χ2n) is 12.1. The quantitative estimate of drug-likeness (QED) is 0.0757. The second kappa shape index (κ2) is 17.4. The van der Waals surface area contributed by atoms with Crippen LogP contribution in [-0.2, 0) is 27.2 Å². The molecule has 1 unspecified atom stereocenters. The maximum atomic E-state index is 13.7. The number of alkyl halides is 3. The van der Waals surface area contributed by atoms with Gasteiger partial charge in [0.25, 0.3) is 0 Å². The molecule has 5 aromatic rings. The molecule has 0 radical (unpaired) electrons. The molecule has 0 N–H and O–H groups in total. The van der Waals surface area contributed by atoms with Gasteiger partial charge < -0.3 is 18.9 Å². The molecule has 0 fully saturated rings. The molecule has 0 bridgehead atoms. The molecule has 5 rings (SSSR count). The highest BCUT2D eigenvalue weighted by atomic mass is 32.1. The molecule has 54 heavy (non-hydrogen) atoms. The summed E-state index contributed by atoms with van der Waals surface area (Å²) in [5.41, 5.74) is 3.13. The summed E-state index contributed by atoms with van der Waals surface area (Å²) in [7, 11) is 2.86. The van der Waals surface area contributed by atoms with Crippen molar-refractivity contribution in [1.29, 1.82) is 0 Å². The van der Waals surface area contributed by atoms with Crippen molar-refractivity contribution in [1.82, 2.24) is 23.3 Å². The Morgan fingerprint density at radius 2 is 1.69 bits per heavy atom. The molecule has 3 aromatic carbocycles. The SMILES string of the molecule is CCCOC(=NC(Cc1ccc(-c2ncn(-c3ccc(OC(F)(F)F)cc3)n2)cc1)C(=O)OC)N=c1sn(CC)c(=O)n1-c1ccc(OC)cc1C(C)C. The lowest BCUT2D eigenvalue weighted by Gasteiger charge is -2.15. The standard InChI is InChI=1S/C37H40F3N7O6S/c1-7-19-52-34(43-35-47(36(49)46(8-2)54-35)31-18-17-28(50-5)21-29(31)23(3)4)42-30(33(48)51-6)20-24-9-11-25(12-10-24)32-41-22-45(44-32)26-13-15-27(16-14-26)53-37(38,39)40/h9-18,21-23,30H,7-8,19-20H2,1-6H3. The minimum Gasteiger partial charge on any atom is -0.497 e. The van der Waals surface area contributed by atoms with Crippen LogP contribution in [0.4, 0.5) is 13.2 Å². The molecule has 0 amide bonds.